The Hall–Kier alpha value is -0.380. The van der Waals surface area contributed by atoms with E-state index in [4.69, 9.17) is 0 Å². The smallest absolute Gasteiger partial charge is 0.0240 e. The Labute approximate surface area is 106 Å². The second-order valence-corrected chi connectivity index (χ2v) is 5.57. The van der Waals surface area contributed by atoms with E-state index in [2.05, 4.69) is 64.3 Å². The van der Waals surface area contributed by atoms with Gasteiger partial charge in [0.15, 0.2) is 0 Å². The minimum Gasteiger partial charge on any atom is -0.314 e. The first-order valence-corrected chi connectivity index (χ1v) is 6.67. The van der Waals surface area contributed by atoms with Crippen LogP contribution in [0.4, 0.5) is 0 Å². The monoisotopic (exact) mass is 282 g/mol. The first-order valence-electron chi connectivity index (χ1n) is 5.87. The predicted molar refractivity (Wildman–Crippen MR) is 71.5 cm³/mol. The minimum atomic E-state index is 0.614. The van der Waals surface area contributed by atoms with Gasteiger partial charge in [-0.1, -0.05) is 28.1 Å². The number of nitrogens with zero attached hydrogens (tertiary/aromatic N) is 1. The maximum Gasteiger partial charge on any atom is 0.0240 e. The van der Waals surface area contributed by atoms with E-state index in [0.29, 0.717) is 12.1 Å². The summed E-state index contributed by atoms with van der Waals surface area (Å²) in [6, 6.07) is 9.82. The van der Waals surface area contributed by atoms with Gasteiger partial charge in [-0.25, -0.2) is 0 Å². The van der Waals surface area contributed by atoms with Crippen molar-refractivity contribution in [3.05, 3.63) is 34.3 Å². The van der Waals surface area contributed by atoms with E-state index in [-0.39, 0.29) is 0 Å². The summed E-state index contributed by atoms with van der Waals surface area (Å²) in [5.41, 5.74) is 1.38. The lowest BCUT2D eigenvalue weighted by atomic mass is 10.1. The molecule has 1 aromatic carbocycles. The molecule has 88 valence electrons. The Morgan fingerprint density at radius 2 is 2.00 bits per heavy atom. The van der Waals surface area contributed by atoms with Crippen LogP contribution < -0.4 is 5.32 Å². The lowest BCUT2D eigenvalue weighted by Gasteiger charge is -2.39. The maximum absolute atomic E-state index is 3.53. The van der Waals surface area contributed by atoms with Crippen molar-refractivity contribution in [2.75, 3.05) is 13.1 Å². The summed E-state index contributed by atoms with van der Waals surface area (Å²) in [4.78, 5) is 2.57. The predicted octanol–water partition coefficient (Wildman–Crippen LogP) is 2.63. The fourth-order valence-corrected chi connectivity index (χ4v) is 2.77. The molecule has 1 saturated heterocycles. The molecule has 2 atom stereocenters. The van der Waals surface area contributed by atoms with Crippen molar-refractivity contribution in [1.29, 1.82) is 0 Å². The van der Waals surface area contributed by atoms with Crippen molar-refractivity contribution in [3.63, 3.8) is 0 Å². The lowest BCUT2D eigenvalue weighted by Crippen LogP contribution is -2.54. The molecule has 1 aliphatic rings. The van der Waals surface area contributed by atoms with Crippen LogP contribution in [0.1, 0.15) is 19.4 Å². The number of piperazine rings is 1. The van der Waals surface area contributed by atoms with Crippen molar-refractivity contribution in [1.82, 2.24) is 10.2 Å². The zero-order valence-electron chi connectivity index (χ0n) is 9.91. The highest BCUT2D eigenvalue weighted by Gasteiger charge is 2.24. The van der Waals surface area contributed by atoms with Crippen LogP contribution in [0.3, 0.4) is 0 Å². The van der Waals surface area contributed by atoms with Gasteiger partial charge in [0, 0.05) is 36.2 Å². The first-order chi connectivity index (χ1) is 7.66. The van der Waals surface area contributed by atoms with E-state index in [9.17, 15) is 0 Å². The summed E-state index contributed by atoms with van der Waals surface area (Å²) in [5, 5.41) is 3.46. The molecule has 2 rings (SSSR count). The van der Waals surface area contributed by atoms with Gasteiger partial charge in [-0.3, -0.25) is 4.90 Å². The fourth-order valence-electron chi connectivity index (χ4n) is 2.33. The van der Waals surface area contributed by atoms with Crippen LogP contribution in [0.2, 0.25) is 0 Å². The van der Waals surface area contributed by atoms with Gasteiger partial charge in [0.25, 0.3) is 0 Å². The zero-order valence-corrected chi connectivity index (χ0v) is 11.5. The molecule has 0 aliphatic carbocycles. The summed E-state index contributed by atoms with van der Waals surface area (Å²) in [6.07, 6.45) is 0. The topological polar surface area (TPSA) is 15.3 Å². The van der Waals surface area contributed by atoms with Crippen molar-refractivity contribution in [2.45, 2.75) is 32.5 Å². The van der Waals surface area contributed by atoms with Crippen LogP contribution in [-0.4, -0.2) is 30.1 Å². The summed E-state index contributed by atoms with van der Waals surface area (Å²) in [5.74, 6) is 0. The molecule has 1 heterocycles. The van der Waals surface area contributed by atoms with E-state index in [1.165, 1.54) is 10.0 Å². The molecule has 1 aliphatic heterocycles. The Balaban J connectivity index is 2.07. The molecule has 1 fully saturated rings. The Morgan fingerprint density at radius 3 is 2.62 bits per heavy atom. The molecule has 1 aromatic rings. The molecule has 3 heteroatoms. The van der Waals surface area contributed by atoms with Gasteiger partial charge in [0.2, 0.25) is 0 Å². The van der Waals surface area contributed by atoms with Gasteiger partial charge in [0.05, 0.1) is 0 Å². The van der Waals surface area contributed by atoms with Crippen molar-refractivity contribution >= 4 is 15.9 Å². The van der Waals surface area contributed by atoms with Gasteiger partial charge < -0.3 is 5.32 Å². The highest BCUT2D eigenvalue weighted by Crippen LogP contribution is 2.17. The van der Waals surface area contributed by atoms with Crippen molar-refractivity contribution < 1.29 is 0 Å². The highest BCUT2D eigenvalue weighted by molar-refractivity contribution is 9.10. The van der Waals surface area contributed by atoms with E-state index in [0.717, 1.165) is 19.6 Å². The standard InChI is InChI=1S/C13H19BrN2/c1-10-7-15-8-11(2)16(10)9-12-4-3-5-13(14)6-12/h3-6,10-11,15H,7-9H2,1-2H3. The lowest BCUT2D eigenvalue weighted by molar-refractivity contribution is 0.109. The van der Waals surface area contributed by atoms with Crippen LogP contribution in [0.25, 0.3) is 0 Å². The molecule has 16 heavy (non-hydrogen) atoms. The Kier molecular flexibility index (Phi) is 4.00. The van der Waals surface area contributed by atoms with Gasteiger partial charge in [0.1, 0.15) is 0 Å². The quantitative estimate of drug-likeness (QED) is 0.897. The van der Waals surface area contributed by atoms with Crippen molar-refractivity contribution in [3.8, 4) is 0 Å². The van der Waals surface area contributed by atoms with Gasteiger partial charge in [-0.05, 0) is 31.5 Å². The molecular formula is C13H19BrN2. The molecule has 2 unspecified atom stereocenters. The van der Waals surface area contributed by atoms with Crippen LogP contribution >= 0.6 is 15.9 Å². The van der Waals surface area contributed by atoms with E-state index in [1.54, 1.807) is 0 Å². The maximum atomic E-state index is 3.53. The van der Waals surface area contributed by atoms with Crippen LogP contribution in [-0.2, 0) is 6.54 Å². The molecule has 0 spiro atoms. The highest BCUT2D eigenvalue weighted by atomic mass is 79.9. The Morgan fingerprint density at radius 1 is 1.31 bits per heavy atom. The number of nitrogens with one attached hydrogen (secondary N) is 1. The van der Waals surface area contributed by atoms with Crippen LogP contribution in [0.5, 0.6) is 0 Å². The molecule has 0 aromatic heterocycles. The van der Waals surface area contributed by atoms with Gasteiger partial charge >= 0.3 is 0 Å². The second kappa shape index (κ2) is 5.30. The number of hydrogen-bond acceptors (Lipinski definition) is 2. The molecule has 0 radical (unpaired) electrons. The molecule has 2 nitrogen and oxygen atoms in total. The number of halogens is 1. The van der Waals surface area contributed by atoms with E-state index >= 15 is 0 Å². The molecule has 1 N–H and O–H groups in total. The number of benzene rings is 1. The Bertz CT molecular complexity index is 344. The molecular weight excluding hydrogens is 264 g/mol. The third kappa shape index (κ3) is 2.84. The molecule has 0 bridgehead atoms. The van der Waals surface area contributed by atoms with E-state index in [1.807, 2.05) is 0 Å². The van der Waals surface area contributed by atoms with E-state index < -0.39 is 0 Å². The summed E-state index contributed by atoms with van der Waals surface area (Å²) < 4.78 is 1.17. The zero-order chi connectivity index (χ0) is 11.5. The largest absolute Gasteiger partial charge is 0.314 e. The summed E-state index contributed by atoms with van der Waals surface area (Å²) in [7, 11) is 0. The SMILES string of the molecule is CC1CNCC(C)N1Cc1cccc(Br)c1. The average Bonchev–Trinajstić information content (AvgIpc) is 2.24. The van der Waals surface area contributed by atoms with Crippen molar-refractivity contribution in [2.24, 2.45) is 0 Å². The summed E-state index contributed by atoms with van der Waals surface area (Å²) >= 11 is 3.53. The first kappa shape index (κ1) is 12.1. The summed E-state index contributed by atoms with van der Waals surface area (Å²) in [6.45, 7) is 7.82. The van der Waals surface area contributed by atoms with Gasteiger partial charge in [-0.15, -0.1) is 0 Å². The number of hydrogen-bond donors (Lipinski definition) is 1. The average molecular weight is 283 g/mol. The second-order valence-electron chi connectivity index (χ2n) is 4.66. The molecule has 0 amide bonds. The fraction of sp³-hybridized carbons (Fsp3) is 0.538. The third-order valence-corrected chi connectivity index (χ3v) is 3.76. The molecule has 0 saturated carbocycles. The third-order valence-electron chi connectivity index (χ3n) is 3.27. The van der Waals surface area contributed by atoms with Crippen LogP contribution in [0, 0.1) is 0 Å². The van der Waals surface area contributed by atoms with Gasteiger partial charge in [-0.2, -0.15) is 0 Å². The minimum absolute atomic E-state index is 0.614. The van der Waals surface area contributed by atoms with Crippen LogP contribution in [0.15, 0.2) is 28.7 Å². The normalized spacial score (nSPS) is 26.9. The number of rotatable bonds is 2.